The van der Waals surface area contributed by atoms with Crippen LogP contribution in [0, 0.1) is 0 Å². The van der Waals surface area contributed by atoms with Gasteiger partial charge < -0.3 is 19.3 Å². The molecular formula is C24H25ClN4O4. The maximum absolute atomic E-state index is 12.9. The Balaban J connectivity index is 1.46. The molecule has 0 unspecified atom stereocenters. The number of hydrogen-bond donors (Lipinski definition) is 0. The van der Waals surface area contributed by atoms with Crippen LogP contribution in [0.25, 0.3) is 11.3 Å². The fourth-order valence-electron chi connectivity index (χ4n) is 3.84. The fraction of sp³-hybridized carbons (Fsp3) is 0.292. The molecule has 4 rings (SSSR count). The smallest absolute Gasteiger partial charge is 0.267 e. The molecule has 0 atom stereocenters. The minimum Gasteiger partial charge on any atom is -0.493 e. The van der Waals surface area contributed by atoms with Gasteiger partial charge in [0.25, 0.3) is 5.56 Å². The molecule has 3 aromatic rings. The first-order valence-electron chi connectivity index (χ1n) is 10.6. The number of nitrogens with zero attached hydrogens (tertiary/aromatic N) is 4. The van der Waals surface area contributed by atoms with E-state index in [0.717, 1.165) is 11.3 Å². The molecule has 0 N–H and O–H groups in total. The van der Waals surface area contributed by atoms with Crippen LogP contribution in [0.4, 0.5) is 5.69 Å². The van der Waals surface area contributed by atoms with Crippen LogP contribution < -0.4 is 19.9 Å². The van der Waals surface area contributed by atoms with Gasteiger partial charge in [-0.25, -0.2) is 4.68 Å². The summed E-state index contributed by atoms with van der Waals surface area (Å²) in [6.45, 7) is 2.32. The first-order valence-corrected chi connectivity index (χ1v) is 11.0. The summed E-state index contributed by atoms with van der Waals surface area (Å²) in [5.74, 6) is 1.01. The predicted molar refractivity (Wildman–Crippen MR) is 127 cm³/mol. The lowest BCUT2D eigenvalue weighted by atomic mass is 10.1. The third-order valence-electron chi connectivity index (χ3n) is 5.66. The zero-order valence-electron chi connectivity index (χ0n) is 18.5. The van der Waals surface area contributed by atoms with Crippen LogP contribution in [0.3, 0.4) is 0 Å². The van der Waals surface area contributed by atoms with Crippen molar-refractivity contribution < 1.29 is 14.3 Å². The van der Waals surface area contributed by atoms with E-state index < -0.39 is 0 Å². The van der Waals surface area contributed by atoms with Crippen molar-refractivity contribution in [1.29, 1.82) is 0 Å². The number of amides is 1. The quantitative estimate of drug-likeness (QED) is 0.553. The van der Waals surface area contributed by atoms with Gasteiger partial charge in [0.1, 0.15) is 6.54 Å². The molecule has 33 heavy (non-hydrogen) atoms. The van der Waals surface area contributed by atoms with Gasteiger partial charge in [0.15, 0.2) is 11.5 Å². The van der Waals surface area contributed by atoms with Gasteiger partial charge in [0, 0.05) is 37.8 Å². The van der Waals surface area contributed by atoms with Gasteiger partial charge in [-0.2, -0.15) is 5.10 Å². The van der Waals surface area contributed by atoms with E-state index >= 15 is 0 Å². The normalized spacial score (nSPS) is 13.7. The summed E-state index contributed by atoms with van der Waals surface area (Å²) in [7, 11) is 3.12. The number of carbonyl (C=O) groups is 1. The van der Waals surface area contributed by atoms with E-state index in [4.69, 9.17) is 21.1 Å². The highest BCUT2D eigenvalue weighted by Gasteiger charge is 2.23. The second-order valence-electron chi connectivity index (χ2n) is 7.60. The van der Waals surface area contributed by atoms with Gasteiger partial charge in [0.05, 0.1) is 30.6 Å². The molecular weight excluding hydrogens is 444 g/mol. The zero-order valence-corrected chi connectivity index (χ0v) is 19.3. The van der Waals surface area contributed by atoms with Crippen LogP contribution in [-0.2, 0) is 11.3 Å². The fourth-order valence-corrected chi connectivity index (χ4v) is 4.10. The Labute approximate surface area is 196 Å². The molecule has 1 aliphatic rings. The van der Waals surface area contributed by atoms with E-state index in [9.17, 15) is 9.59 Å². The number of methoxy groups -OCH3 is 2. The van der Waals surface area contributed by atoms with E-state index in [0.29, 0.717) is 48.4 Å². The Morgan fingerprint density at radius 3 is 2.39 bits per heavy atom. The van der Waals surface area contributed by atoms with Crippen molar-refractivity contribution in [3.8, 4) is 22.8 Å². The second kappa shape index (κ2) is 9.95. The van der Waals surface area contributed by atoms with Gasteiger partial charge in [-0.15, -0.1) is 0 Å². The second-order valence-corrected chi connectivity index (χ2v) is 8.01. The molecule has 1 aromatic heterocycles. The van der Waals surface area contributed by atoms with Crippen molar-refractivity contribution >= 4 is 23.2 Å². The molecule has 172 valence electrons. The number of carbonyl (C=O) groups excluding carboxylic acids is 1. The number of hydrogen-bond acceptors (Lipinski definition) is 6. The largest absolute Gasteiger partial charge is 0.493 e. The molecule has 0 saturated carbocycles. The average molecular weight is 469 g/mol. The van der Waals surface area contributed by atoms with E-state index in [-0.39, 0.29) is 18.0 Å². The standard InChI is InChI=1S/C24H25ClN4O4/c1-32-21-9-7-17(15-22(21)33-2)19-8-10-23(30)29(26-19)16-24(31)28-13-11-27(12-14-28)20-6-4-3-5-18(20)25/h3-10,15H,11-14,16H2,1-2H3. The molecule has 8 nitrogen and oxygen atoms in total. The lowest BCUT2D eigenvalue weighted by Crippen LogP contribution is -2.50. The van der Waals surface area contributed by atoms with Gasteiger partial charge in [0.2, 0.25) is 5.91 Å². The van der Waals surface area contributed by atoms with Crippen molar-refractivity contribution in [2.75, 3.05) is 45.3 Å². The van der Waals surface area contributed by atoms with Crippen molar-refractivity contribution in [2.45, 2.75) is 6.54 Å². The van der Waals surface area contributed by atoms with E-state index in [2.05, 4.69) is 10.00 Å². The highest BCUT2D eigenvalue weighted by atomic mass is 35.5. The monoisotopic (exact) mass is 468 g/mol. The number of anilines is 1. The average Bonchev–Trinajstić information content (AvgIpc) is 2.85. The van der Waals surface area contributed by atoms with Crippen LogP contribution >= 0.6 is 11.6 Å². The lowest BCUT2D eigenvalue weighted by Gasteiger charge is -2.36. The molecule has 1 fully saturated rings. The van der Waals surface area contributed by atoms with E-state index in [1.165, 1.54) is 10.7 Å². The minimum absolute atomic E-state index is 0.119. The Morgan fingerprint density at radius 2 is 1.70 bits per heavy atom. The van der Waals surface area contributed by atoms with Gasteiger partial charge in [-0.1, -0.05) is 23.7 Å². The lowest BCUT2D eigenvalue weighted by molar-refractivity contribution is -0.132. The topological polar surface area (TPSA) is 76.9 Å². The van der Waals surface area contributed by atoms with Crippen LogP contribution in [0.15, 0.2) is 59.4 Å². The molecule has 0 bridgehead atoms. The Kier molecular flexibility index (Phi) is 6.84. The summed E-state index contributed by atoms with van der Waals surface area (Å²) < 4.78 is 11.8. The van der Waals surface area contributed by atoms with E-state index in [1.54, 1.807) is 37.3 Å². The highest BCUT2D eigenvalue weighted by molar-refractivity contribution is 6.33. The number of benzene rings is 2. The Morgan fingerprint density at radius 1 is 0.970 bits per heavy atom. The maximum Gasteiger partial charge on any atom is 0.267 e. The molecule has 0 aliphatic carbocycles. The minimum atomic E-state index is -0.331. The number of para-hydroxylation sites is 1. The molecule has 9 heteroatoms. The molecule has 2 heterocycles. The Hall–Kier alpha value is -3.52. The number of aromatic nitrogens is 2. The first-order chi connectivity index (χ1) is 16.0. The van der Waals surface area contributed by atoms with Crippen molar-refractivity contribution in [3.05, 3.63) is 70.0 Å². The molecule has 1 amide bonds. The van der Waals surface area contributed by atoms with Crippen molar-refractivity contribution in [2.24, 2.45) is 0 Å². The summed E-state index contributed by atoms with van der Waals surface area (Å²) >= 11 is 6.30. The summed E-state index contributed by atoms with van der Waals surface area (Å²) in [5.41, 5.74) is 1.95. The highest BCUT2D eigenvalue weighted by Crippen LogP contribution is 2.31. The van der Waals surface area contributed by atoms with Crippen molar-refractivity contribution in [1.82, 2.24) is 14.7 Å². The molecule has 0 spiro atoms. The zero-order chi connectivity index (χ0) is 23.4. The molecule has 1 aliphatic heterocycles. The van der Waals surface area contributed by atoms with Gasteiger partial charge >= 0.3 is 0 Å². The maximum atomic E-state index is 12.9. The number of rotatable bonds is 6. The summed E-state index contributed by atoms with van der Waals surface area (Å²) in [6.07, 6.45) is 0. The summed E-state index contributed by atoms with van der Waals surface area (Å²) in [5, 5.41) is 5.11. The first kappa shape index (κ1) is 22.7. The SMILES string of the molecule is COc1ccc(-c2ccc(=O)n(CC(=O)N3CCN(c4ccccc4Cl)CC3)n2)cc1OC. The Bertz CT molecular complexity index is 1210. The van der Waals surface area contributed by atoms with E-state index in [1.807, 2.05) is 30.3 Å². The summed E-state index contributed by atoms with van der Waals surface area (Å²) in [4.78, 5) is 29.2. The predicted octanol–water partition coefficient (Wildman–Crippen LogP) is 2.93. The molecule has 0 radical (unpaired) electrons. The van der Waals surface area contributed by atoms with Crippen molar-refractivity contribution in [3.63, 3.8) is 0 Å². The van der Waals surface area contributed by atoms with Gasteiger partial charge in [-0.3, -0.25) is 9.59 Å². The molecule has 1 saturated heterocycles. The van der Waals surface area contributed by atoms with Gasteiger partial charge in [-0.05, 0) is 36.4 Å². The van der Waals surface area contributed by atoms with Crippen LogP contribution in [-0.4, -0.2) is 61.0 Å². The third-order valence-corrected chi connectivity index (χ3v) is 5.98. The number of ether oxygens (including phenoxy) is 2. The van der Waals surface area contributed by atoms with Crippen LogP contribution in [0.2, 0.25) is 5.02 Å². The van der Waals surface area contributed by atoms with Crippen LogP contribution in [0.5, 0.6) is 11.5 Å². The van der Waals surface area contributed by atoms with Crippen LogP contribution in [0.1, 0.15) is 0 Å². The number of halogens is 1. The number of piperazine rings is 1. The molecule has 2 aromatic carbocycles. The third kappa shape index (κ3) is 4.96. The summed E-state index contributed by atoms with van der Waals surface area (Å²) in [6, 6.07) is 16.1.